The number of hydrogen-bond acceptors (Lipinski definition) is 6. The van der Waals surface area contributed by atoms with Crippen LogP contribution >= 0.6 is 11.8 Å². The van der Waals surface area contributed by atoms with Crippen molar-refractivity contribution in [3.05, 3.63) is 52.8 Å². The molecule has 126 valence electrons. The first-order valence-corrected chi connectivity index (χ1v) is 8.27. The monoisotopic (exact) mass is 355 g/mol. The van der Waals surface area contributed by atoms with Crippen LogP contribution in [-0.2, 0) is 11.2 Å². The Hall–Kier alpha value is -3.10. The molecule has 0 radical (unpaired) electrons. The number of carbonyl (C=O) groups is 1. The molecule has 0 fully saturated rings. The van der Waals surface area contributed by atoms with Gasteiger partial charge in [-0.3, -0.25) is 4.79 Å². The number of rotatable bonds is 6. The Balaban J connectivity index is 1.88. The number of nitrogens with zero attached hydrogens (tertiary/aromatic N) is 3. The van der Waals surface area contributed by atoms with Crippen molar-refractivity contribution in [1.29, 1.82) is 10.5 Å². The highest BCUT2D eigenvalue weighted by molar-refractivity contribution is 8.00. The van der Waals surface area contributed by atoms with Crippen LogP contribution in [0.5, 0.6) is 0 Å². The van der Waals surface area contributed by atoms with Gasteiger partial charge in [0.05, 0.1) is 16.9 Å². The summed E-state index contributed by atoms with van der Waals surface area (Å²) in [7, 11) is 0. The lowest BCUT2D eigenvalue weighted by Gasteiger charge is -2.07. The Morgan fingerprint density at radius 1 is 1.28 bits per heavy atom. The van der Waals surface area contributed by atoms with E-state index in [1.807, 2.05) is 12.1 Å². The summed E-state index contributed by atoms with van der Waals surface area (Å²) in [4.78, 5) is 15.9. The molecule has 0 saturated carbocycles. The molecule has 0 aliphatic carbocycles. The molecule has 1 amide bonds. The maximum absolute atomic E-state index is 13.5. The van der Waals surface area contributed by atoms with Gasteiger partial charge in [0.15, 0.2) is 0 Å². The minimum absolute atomic E-state index is 0.0176. The Kier molecular flexibility index (Phi) is 6.33. The predicted octanol–water partition coefficient (Wildman–Crippen LogP) is 2.00. The number of nitrogens with two attached hydrogens (primary N) is 1. The maximum Gasteiger partial charge on any atom is 0.230 e. The molecular weight excluding hydrogens is 341 g/mol. The molecule has 6 nitrogen and oxygen atoms in total. The summed E-state index contributed by atoms with van der Waals surface area (Å²) in [5.41, 5.74) is 6.47. The molecule has 0 bridgehead atoms. The summed E-state index contributed by atoms with van der Waals surface area (Å²) < 4.78 is 13.5. The number of thioether (sulfide) groups is 1. The summed E-state index contributed by atoms with van der Waals surface area (Å²) in [6.45, 7) is 0.300. The van der Waals surface area contributed by atoms with Crippen LogP contribution in [-0.4, -0.2) is 23.2 Å². The van der Waals surface area contributed by atoms with Crippen LogP contribution in [0.2, 0.25) is 0 Å². The second kappa shape index (κ2) is 8.67. The van der Waals surface area contributed by atoms with E-state index in [-0.39, 0.29) is 34.4 Å². The van der Waals surface area contributed by atoms with E-state index in [1.54, 1.807) is 18.2 Å². The highest BCUT2D eigenvalue weighted by atomic mass is 32.2. The third-order valence-corrected chi connectivity index (χ3v) is 4.26. The van der Waals surface area contributed by atoms with Gasteiger partial charge in [-0.15, -0.1) is 0 Å². The molecule has 1 heterocycles. The van der Waals surface area contributed by atoms with Gasteiger partial charge in [0.1, 0.15) is 28.8 Å². The van der Waals surface area contributed by atoms with Crippen molar-refractivity contribution in [2.24, 2.45) is 0 Å². The van der Waals surface area contributed by atoms with E-state index < -0.39 is 0 Å². The highest BCUT2D eigenvalue weighted by Gasteiger charge is 2.12. The van der Waals surface area contributed by atoms with E-state index in [9.17, 15) is 9.18 Å². The lowest BCUT2D eigenvalue weighted by atomic mass is 10.1. The number of anilines is 1. The summed E-state index contributed by atoms with van der Waals surface area (Å²) in [6, 6.07) is 11.5. The number of pyridine rings is 1. The molecule has 1 aromatic heterocycles. The highest BCUT2D eigenvalue weighted by Crippen LogP contribution is 2.23. The SMILES string of the molecule is N#Cc1cc(C#N)c(SCC(=O)NCCc2ccccc2F)nc1N. The van der Waals surface area contributed by atoms with Gasteiger partial charge in [0.2, 0.25) is 5.91 Å². The Morgan fingerprint density at radius 2 is 2.00 bits per heavy atom. The lowest BCUT2D eigenvalue weighted by Crippen LogP contribution is -2.27. The van der Waals surface area contributed by atoms with Gasteiger partial charge >= 0.3 is 0 Å². The standard InChI is InChI=1S/C17H14FN5OS/c18-14-4-2-1-3-11(14)5-6-22-15(24)10-25-17-13(9-20)7-12(8-19)16(21)23-17/h1-4,7H,5-6,10H2,(H2,21,23)(H,22,24). The van der Waals surface area contributed by atoms with Gasteiger partial charge in [-0.05, 0) is 24.1 Å². The second-order valence-corrected chi connectivity index (χ2v) is 5.94. The normalized spacial score (nSPS) is 9.88. The lowest BCUT2D eigenvalue weighted by molar-refractivity contribution is -0.118. The van der Waals surface area contributed by atoms with Crippen LogP contribution in [0.15, 0.2) is 35.4 Å². The van der Waals surface area contributed by atoms with Crippen LogP contribution in [0.1, 0.15) is 16.7 Å². The molecule has 0 saturated heterocycles. The van der Waals surface area contributed by atoms with Crippen LogP contribution in [0.25, 0.3) is 0 Å². The average Bonchev–Trinajstić information content (AvgIpc) is 2.61. The molecule has 2 aromatic rings. The van der Waals surface area contributed by atoms with E-state index in [1.165, 1.54) is 12.1 Å². The number of nitrogens with one attached hydrogen (secondary N) is 1. The number of carbonyl (C=O) groups excluding carboxylic acids is 1. The average molecular weight is 355 g/mol. The number of aromatic nitrogens is 1. The Labute approximate surface area is 148 Å². The predicted molar refractivity (Wildman–Crippen MR) is 91.9 cm³/mol. The van der Waals surface area contributed by atoms with Gasteiger partial charge < -0.3 is 11.1 Å². The van der Waals surface area contributed by atoms with Crippen LogP contribution in [0.4, 0.5) is 10.2 Å². The fourth-order valence-corrected chi connectivity index (χ4v) is 2.81. The maximum atomic E-state index is 13.5. The quantitative estimate of drug-likeness (QED) is 0.766. The zero-order valence-electron chi connectivity index (χ0n) is 13.1. The Bertz CT molecular complexity index is 872. The van der Waals surface area contributed by atoms with Gasteiger partial charge in [0.25, 0.3) is 0 Å². The molecule has 0 aliphatic rings. The molecular formula is C17H14FN5OS. The number of amides is 1. The van der Waals surface area contributed by atoms with Gasteiger partial charge in [0, 0.05) is 6.54 Å². The first-order chi connectivity index (χ1) is 12.0. The first kappa shape index (κ1) is 18.2. The van der Waals surface area contributed by atoms with E-state index >= 15 is 0 Å². The number of halogens is 1. The molecule has 0 spiro atoms. The molecule has 2 rings (SSSR count). The smallest absolute Gasteiger partial charge is 0.230 e. The fourth-order valence-electron chi connectivity index (χ4n) is 2.01. The minimum Gasteiger partial charge on any atom is -0.383 e. The van der Waals surface area contributed by atoms with E-state index in [0.717, 1.165) is 11.8 Å². The van der Waals surface area contributed by atoms with Crippen LogP contribution in [0.3, 0.4) is 0 Å². The van der Waals surface area contributed by atoms with E-state index in [0.29, 0.717) is 23.6 Å². The molecule has 0 aliphatic heterocycles. The number of nitriles is 2. The zero-order chi connectivity index (χ0) is 18.2. The van der Waals surface area contributed by atoms with Gasteiger partial charge in [-0.1, -0.05) is 30.0 Å². The van der Waals surface area contributed by atoms with Crippen molar-refractivity contribution < 1.29 is 9.18 Å². The summed E-state index contributed by atoms with van der Waals surface area (Å²) in [5.74, 6) is -0.523. The topological polar surface area (TPSA) is 116 Å². The number of hydrogen-bond donors (Lipinski definition) is 2. The summed E-state index contributed by atoms with van der Waals surface area (Å²) in [6.07, 6.45) is 0.384. The minimum atomic E-state index is -0.304. The second-order valence-electron chi connectivity index (χ2n) is 4.98. The van der Waals surface area contributed by atoms with Crippen molar-refractivity contribution in [3.63, 3.8) is 0 Å². The van der Waals surface area contributed by atoms with E-state index in [2.05, 4.69) is 10.3 Å². The molecule has 25 heavy (non-hydrogen) atoms. The Morgan fingerprint density at radius 3 is 2.68 bits per heavy atom. The summed E-state index contributed by atoms with van der Waals surface area (Å²) >= 11 is 1.05. The van der Waals surface area contributed by atoms with Gasteiger partial charge in [-0.25, -0.2) is 9.37 Å². The fraction of sp³-hybridized carbons (Fsp3) is 0.176. The van der Waals surface area contributed by atoms with Crippen molar-refractivity contribution in [3.8, 4) is 12.1 Å². The third-order valence-electron chi connectivity index (χ3n) is 3.27. The van der Waals surface area contributed by atoms with E-state index in [4.69, 9.17) is 16.3 Å². The number of benzene rings is 1. The summed E-state index contributed by atoms with van der Waals surface area (Å²) in [5, 5.41) is 21.0. The molecule has 0 atom stereocenters. The van der Waals surface area contributed by atoms with Gasteiger partial charge in [-0.2, -0.15) is 10.5 Å². The van der Waals surface area contributed by atoms with Crippen LogP contribution in [0, 0.1) is 28.5 Å². The third kappa shape index (κ3) is 4.93. The first-order valence-electron chi connectivity index (χ1n) is 7.28. The largest absolute Gasteiger partial charge is 0.383 e. The van der Waals surface area contributed by atoms with Crippen molar-refractivity contribution in [2.75, 3.05) is 18.0 Å². The number of nitrogen functional groups attached to an aromatic ring is 1. The van der Waals surface area contributed by atoms with Crippen molar-refractivity contribution >= 4 is 23.5 Å². The van der Waals surface area contributed by atoms with Crippen LogP contribution < -0.4 is 11.1 Å². The molecule has 3 N–H and O–H groups in total. The molecule has 0 unspecified atom stereocenters. The zero-order valence-corrected chi connectivity index (χ0v) is 13.9. The van der Waals surface area contributed by atoms with Crippen molar-refractivity contribution in [1.82, 2.24) is 10.3 Å². The van der Waals surface area contributed by atoms with Crippen molar-refractivity contribution in [2.45, 2.75) is 11.4 Å². The molecule has 8 heteroatoms. The molecule has 1 aromatic carbocycles.